The average molecular weight is 227 g/mol. The second-order valence-corrected chi connectivity index (χ2v) is 4.59. The van der Waals surface area contributed by atoms with Gasteiger partial charge in [-0.25, -0.2) is 4.98 Å². The Labute approximate surface area is 99.1 Å². The Bertz CT molecular complexity index is 619. The number of imidazole rings is 1. The zero-order valence-corrected chi connectivity index (χ0v) is 9.59. The molecule has 1 unspecified atom stereocenters. The summed E-state index contributed by atoms with van der Waals surface area (Å²) in [5.74, 6) is 0.815. The highest BCUT2D eigenvalue weighted by atomic mass is 16.3. The van der Waals surface area contributed by atoms with Crippen molar-refractivity contribution < 1.29 is 5.11 Å². The summed E-state index contributed by atoms with van der Waals surface area (Å²) in [5.41, 5.74) is 1.79. The number of hydrogen-bond donors (Lipinski definition) is 1. The fourth-order valence-electron chi connectivity index (χ4n) is 2.19. The van der Waals surface area contributed by atoms with Crippen LogP contribution in [0.3, 0.4) is 0 Å². The lowest BCUT2D eigenvalue weighted by atomic mass is 10.2. The molecule has 1 aliphatic rings. The minimum absolute atomic E-state index is 0.217. The van der Waals surface area contributed by atoms with Gasteiger partial charge in [-0.2, -0.15) is 5.26 Å². The summed E-state index contributed by atoms with van der Waals surface area (Å²) in [6.07, 6.45) is 2.30. The maximum Gasteiger partial charge on any atom is 0.127 e. The monoisotopic (exact) mass is 227 g/mol. The molecule has 3 rings (SSSR count). The van der Waals surface area contributed by atoms with Crippen LogP contribution in [0.15, 0.2) is 18.2 Å². The third-order valence-corrected chi connectivity index (χ3v) is 3.19. The summed E-state index contributed by atoms with van der Waals surface area (Å²) in [6, 6.07) is 7.92. The molecule has 0 aliphatic heterocycles. The summed E-state index contributed by atoms with van der Waals surface area (Å²) in [6.45, 7) is 1.86. The molecule has 1 aromatic heterocycles. The zero-order valence-electron chi connectivity index (χ0n) is 9.59. The molecule has 1 aromatic carbocycles. The molecule has 1 aliphatic carbocycles. The second-order valence-electron chi connectivity index (χ2n) is 4.59. The molecule has 17 heavy (non-hydrogen) atoms. The van der Waals surface area contributed by atoms with E-state index in [1.165, 1.54) is 0 Å². The van der Waals surface area contributed by atoms with Crippen molar-refractivity contribution in [2.75, 3.05) is 0 Å². The molecular weight excluding hydrogens is 214 g/mol. The van der Waals surface area contributed by atoms with Gasteiger partial charge >= 0.3 is 0 Å². The highest BCUT2D eigenvalue weighted by Gasteiger charge is 2.29. The van der Waals surface area contributed by atoms with Crippen LogP contribution in [0, 0.1) is 11.3 Å². The molecule has 4 heteroatoms. The first-order chi connectivity index (χ1) is 8.20. The summed E-state index contributed by atoms with van der Waals surface area (Å²) in [4.78, 5) is 4.49. The Morgan fingerprint density at radius 3 is 2.94 bits per heavy atom. The molecule has 1 saturated carbocycles. The molecule has 0 spiro atoms. The highest BCUT2D eigenvalue weighted by molar-refractivity contribution is 5.78. The number of nitriles is 1. The van der Waals surface area contributed by atoms with Gasteiger partial charge in [0.25, 0.3) is 0 Å². The fourth-order valence-corrected chi connectivity index (χ4v) is 2.19. The molecule has 0 saturated heterocycles. The van der Waals surface area contributed by atoms with Gasteiger partial charge < -0.3 is 9.67 Å². The van der Waals surface area contributed by atoms with E-state index < -0.39 is 0 Å². The van der Waals surface area contributed by atoms with E-state index in [1.807, 2.05) is 13.0 Å². The van der Waals surface area contributed by atoms with Gasteiger partial charge in [-0.1, -0.05) is 0 Å². The van der Waals surface area contributed by atoms with Gasteiger partial charge in [0.2, 0.25) is 0 Å². The molecule has 86 valence electrons. The van der Waals surface area contributed by atoms with E-state index in [2.05, 4.69) is 15.6 Å². The normalized spacial score (nSPS) is 16.9. The lowest BCUT2D eigenvalue weighted by Gasteiger charge is -2.08. The van der Waals surface area contributed by atoms with Crippen LogP contribution in [0.25, 0.3) is 11.0 Å². The van der Waals surface area contributed by atoms with Gasteiger partial charge in [-0.05, 0) is 31.9 Å². The number of aromatic hydroxyl groups is 1. The smallest absolute Gasteiger partial charge is 0.127 e. The summed E-state index contributed by atoms with van der Waals surface area (Å²) >= 11 is 0. The first kappa shape index (κ1) is 10.2. The quantitative estimate of drug-likeness (QED) is 0.858. The first-order valence-corrected chi connectivity index (χ1v) is 5.81. The zero-order chi connectivity index (χ0) is 12.0. The molecule has 2 aromatic rings. The van der Waals surface area contributed by atoms with Crippen LogP contribution in [-0.2, 0) is 0 Å². The number of nitrogens with zero attached hydrogens (tertiary/aromatic N) is 3. The maximum atomic E-state index is 9.47. The van der Waals surface area contributed by atoms with Crippen molar-refractivity contribution in [3.63, 3.8) is 0 Å². The first-order valence-electron chi connectivity index (χ1n) is 5.81. The molecule has 0 radical (unpaired) electrons. The number of benzene rings is 1. The average Bonchev–Trinajstić information content (AvgIpc) is 3.09. The van der Waals surface area contributed by atoms with Crippen LogP contribution in [0.4, 0.5) is 0 Å². The van der Waals surface area contributed by atoms with Gasteiger partial charge in [0, 0.05) is 12.1 Å². The number of aromatic nitrogens is 2. The van der Waals surface area contributed by atoms with Crippen molar-refractivity contribution in [2.45, 2.75) is 31.7 Å². The van der Waals surface area contributed by atoms with Crippen LogP contribution < -0.4 is 0 Å². The third-order valence-electron chi connectivity index (χ3n) is 3.19. The minimum atomic E-state index is -0.217. The van der Waals surface area contributed by atoms with Crippen molar-refractivity contribution >= 4 is 11.0 Å². The standard InChI is InChI=1S/C13H13N3O/c1-8(7-14)13-15-11-6-10(17)4-5-12(11)16(13)9-2-3-9/h4-6,8-9,17H,2-3H2,1H3. The summed E-state index contributed by atoms with van der Waals surface area (Å²) < 4.78 is 2.16. The van der Waals surface area contributed by atoms with Gasteiger partial charge in [-0.15, -0.1) is 0 Å². The van der Waals surface area contributed by atoms with Gasteiger partial charge in [-0.3, -0.25) is 0 Å². The Balaban J connectivity index is 2.27. The molecule has 4 nitrogen and oxygen atoms in total. The van der Waals surface area contributed by atoms with E-state index in [-0.39, 0.29) is 11.7 Å². The van der Waals surface area contributed by atoms with E-state index in [4.69, 9.17) is 5.26 Å². The van der Waals surface area contributed by atoms with Crippen LogP contribution in [0.5, 0.6) is 5.75 Å². The molecule has 1 atom stereocenters. The minimum Gasteiger partial charge on any atom is -0.508 e. The van der Waals surface area contributed by atoms with Crippen molar-refractivity contribution in [1.29, 1.82) is 5.26 Å². The van der Waals surface area contributed by atoms with E-state index in [0.29, 0.717) is 6.04 Å². The summed E-state index contributed by atoms with van der Waals surface area (Å²) in [5, 5.41) is 18.5. The topological polar surface area (TPSA) is 61.8 Å². The summed E-state index contributed by atoms with van der Waals surface area (Å²) in [7, 11) is 0. The van der Waals surface area contributed by atoms with E-state index >= 15 is 0 Å². The molecular formula is C13H13N3O. The lowest BCUT2D eigenvalue weighted by molar-refractivity contribution is 0.476. The Hall–Kier alpha value is -2.02. The van der Waals surface area contributed by atoms with E-state index in [1.54, 1.807) is 12.1 Å². The molecule has 0 bridgehead atoms. The third kappa shape index (κ3) is 1.55. The Kier molecular flexibility index (Phi) is 2.08. The van der Waals surface area contributed by atoms with Gasteiger partial charge in [0.05, 0.1) is 17.1 Å². The fraction of sp³-hybridized carbons (Fsp3) is 0.385. The lowest BCUT2D eigenvalue weighted by Crippen LogP contribution is -2.04. The van der Waals surface area contributed by atoms with Crippen molar-refractivity contribution in [3.8, 4) is 11.8 Å². The van der Waals surface area contributed by atoms with Crippen LogP contribution in [0.2, 0.25) is 0 Å². The Morgan fingerprint density at radius 1 is 1.53 bits per heavy atom. The largest absolute Gasteiger partial charge is 0.508 e. The maximum absolute atomic E-state index is 9.47. The number of rotatable bonds is 2. The Morgan fingerprint density at radius 2 is 2.29 bits per heavy atom. The van der Waals surface area contributed by atoms with E-state index in [0.717, 1.165) is 29.7 Å². The predicted molar refractivity (Wildman–Crippen MR) is 63.7 cm³/mol. The highest BCUT2D eigenvalue weighted by Crippen LogP contribution is 2.40. The predicted octanol–water partition coefficient (Wildman–Crippen LogP) is 2.70. The number of hydrogen-bond acceptors (Lipinski definition) is 3. The van der Waals surface area contributed by atoms with Gasteiger partial charge in [0.15, 0.2) is 0 Å². The van der Waals surface area contributed by atoms with Crippen LogP contribution >= 0.6 is 0 Å². The molecule has 1 heterocycles. The van der Waals surface area contributed by atoms with Crippen molar-refractivity contribution in [1.82, 2.24) is 9.55 Å². The van der Waals surface area contributed by atoms with Crippen LogP contribution in [-0.4, -0.2) is 14.7 Å². The van der Waals surface area contributed by atoms with Crippen molar-refractivity contribution in [2.24, 2.45) is 0 Å². The number of fused-ring (bicyclic) bond motifs is 1. The number of phenolic OH excluding ortho intramolecular Hbond substituents is 1. The van der Waals surface area contributed by atoms with E-state index in [9.17, 15) is 5.11 Å². The van der Waals surface area contributed by atoms with Crippen molar-refractivity contribution in [3.05, 3.63) is 24.0 Å². The van der Waals surface area contributed by atoms with Gasteiger partial charge in [0.1, 0.15) is 17.5 Å². The van der Waals surface area contributed by atoms with Crippen LogP contribution in [0.1, 0.15) is 37.5 Å². The molecule has 1 fully saturated rings. The second kappa shape index (κ2) is 3.49. The number of phenols is 1. The molecule has 1 N–H and O–H groups in total. The molecule has 0 amide bonds. The SMILES string of the molecule is CC(C#N)c1nc2cc(O)ccc2n1C1CC1.